The molecule has 0 aliphatic heterocycles. The fraction of sp³-hybridized carbons (Fsp3) is 0.807. The van der Waals surface area contributed by atoms with Gasteiger partial charge in [0, 0.05) is 19.3 Å². The Hall–Kier alpha value is -2.63. The fourth-order valence-corrected chi connectivity index (χ4v) is 7.68. The summed E-state index contributed by atoms with van der Waals surface area (Å²) in [6.07, 6.45) is 62.6. The quantitative estimate of drug-likeness (QED) is 0.0262. The summed E-state index contributed by atoms with van der Waals surface area (Å²) in [7, 11) is 0. The lowest BCUT2D eigenvalue weighted by molar-refractivity contribution is -0.167. The molecule has 1 atom stereocenters. The molecule has 0 aliphatic carbocycles. The molecule has 0 bridgehead atoms. The molecule has 0 N–H and O–H groups in total. The second-order valence-corrected chi connectivity index (χ2v) is 18.1. The third kappa shape index (κ3) is 50.2. The Morgan fingerprint density at radius 2 is 0.571 bits per heavy atom. The van der Waals surface area contributed by atoms with Gasteiger partial charge in [-0.2, -0.15) is 0 Å². The lowest BCUT2D eigenvalue weighted by Gasteiger charge is -2.18. The summed E-state index contributed by atoms with van der Waals surface area (Å²) in [6, 6.07) is 0. The third-order valence-corrected chi connectivity index (χ3v) is 11.8. The average molecular weight is 883 g/mol. The second-order valence-electron chi connectivity index (χ2n) is 18.1. The van der Waals surface area contributed by atoms with Crippen molar-refractivity contribution in [2.75, 3.05) is 13.2 Å². The van der Waals surface area contributed by atoms with E-state index in [1.807, 2.05) is 0 Å². The zero-order chi connectivity index (χ0) is 45.8. The van der Waals surface area contributed by atoms with Gasteiger partial charge in [-0.15, -0.1) is 0 Å². The maximum atomic E-state index is 12.8. The first-order valence-corrected chi connectivity index (χ1v) is 27.1. The van der Waals surface area contributed by atoms with E-state index in [1.165, 1.54) is 161 Å². The molecule has 0 aromatic heterocycles. The van der Waals surface area contributed by atoms with E-state index >= 15 is 0 Å². The normalized spacial score (nSPS) is 12.4. The highest BCUT2D eigenvalue weighted by molar-refractivity contribution is 5.71. The zero-order valence-corrected chi connectivity index (χ0v) is 41.8. The number of unbranched alkanes of at least 4 members (excludes halogenated alkanes) is 30. The van der Waals surface area contributed by atoms with Crippen LogP contribution in [-0.2, 0) is 28.6 Å². The molecule has 0 radical (unpaired) electrons. The van der Waals surface area contributed by atoms with E-state index in [2.05, 4.69) is 69.4 Å². The predicted octanol–water partition coefficient (Wildman–Crippen LogP) is 17.9. The molecule has 0 heterocycles. The summed E-state index contributed by atoms with van der Waals surface area (Å²) in [5, 5.41) is 0. The molecule has 6 heteroatoms. The van der Waals surface area contributed by atoms with Gasteiger partial charge in [0.05, 0.1) is 0 Å². The first-order valence-electron chi connectivity index (χ1n) is 27.1. The lowest BCUT2D eigenvalue weighted by Crippen LogP contribution is -2.30. The van der Waals surface area contributed by atoms with Crippen LogP contribution in [0.5, 0.6) is 0 Å². The van der Waals surface area contributed by atoms with Gasteiger partial charge in [0.2, 0.25) is 0 Å². The molecule has 0 fully saturated rings. The van der Waals surface area contributed by atoms with E-state index in [1.54, 1.807) is 0 Å². The van der Waals surface area contributed by atoms with Crippen molar-refractivity contribution in [3.8, 4) is 0 Å². The van der Waals surface area contributed by atoms with E-state index in [-0.39, 0.29) is 31.1 Å². The third-order valence-electron chi connectivity index (χ3n) is 11.8. The highest BCUT2D eigenvalue weighted by atomic mass is 16.6. The zero-order valence-electron chi connectivity index (χ0n) is 41.8. The van der Waals surface area contributed by atoms with Crippen molar-refractivity contribution in [2.24, 2.45) is 0 Å². The standard InChI is InChI=1S/C57H102O6/c1-4-7-10-13-16-18-20-22-24-26-28-29-30-32-33-35-37-39-41-44-47-50-56(59)62-53-54(52-61-55(58)49-46-43-15-12-9-6-3)63-57(60)51-48-45-42-40-38-36-34-31-27-25-23-21-19-17-14-11-8-5-2/h19-22,25-28,54H,4-18,23-24,29-53H2,1-3H3/b21-19-,22-20-,27-25-,28-26-. The van der Waals surface area contributed by atoms with Crippen LogP contribution in [-0.4, -0.2) is 37.2 Å². The molecular weight excluding hydrogens is 781 g/mol. The Labute approximate surface area is 390 Å². The maximum absolute atomic E-state index is 12.8. The van der Waals surface area contributed by atoms with Crippen LogP contribution >= 0.6 is 0 Å². The number of ether oxygens (including phenoxy) is 3. The van der Waals surface area contributed by atoms with Crippen LogP contribution in [0.15, 0.2) is 48.6 Å². The summed E-state index contributed by atoms with van der Waals surface area (Å²) < 4.78 is 16.7. The maximum Gasteiger partial charge on any atom is 0.306 e. The lowest BCUT2D eigenvalue weighted by atomic mass is 10.1. The Balaban J connectivity index is 4.19. The number of hydrogen-bond donors (Lipinski definition) is 0. The minimum atomic E-state index is -0.775. The molecule has 1 unspecified atom stereocenters. The highest BCUT2D eigenvalue weighted by Crippen LogP contribution is 2.15. The predicted molar refractivity (Wildman–Crippen MR) is 270 cm³/mol. The summed E-state index contributed by atoms with van der Waals surface area (Å²) in [4.78, 5) is 37.8. The largest absolute Gasteiger partial charge is 0.462 e. The van der Waals surface area contributed by atoms with Crippen LogP contribution in [0.2, 0.25) is 0 Å². The van der Waals surface area contributed by atoms with E-state index in [4.69, 9.17) is 14.2 Å². The minimum Gasteiger partial charge on any atom is -0.462 e. The molecule has 0 aromatic carbocycles. The van der Waals surface area contributed by atoms with E-state index < -0.39 is 6.10 Å². The molecule has 0 amide bonds. The summed E-state index contributed by atoms with van der Waals surface area (Å²) >= 11 is 0. The van der Waals surface area contributed by atoms with Crippen LogP contribution in [0.1, 0.15) is 278 Å². The van der Waals surface area contributed by atoms with Gasteiger partial charge in [-0.1, -0.05) is 223 Å². The highest BCUT2D eigenvalue weighted by Gasteiger charge is 2.19. The number of rotatable bonds is 49. The van der Waals surface area contributed by atoms with Gasteiger partial charge in [0.1, 0.15) is 13.2 Å². The smallest absolute Gasteiger partial charge is 0.306 e. The van der Waals surface area contributed by atoms with Gasteiger partial charge in [-0.3, -0.25) is 14.4 Å². The number of esters is 3. The number of hydrogen-bond acceptors (Lipinski definition) is 6. The van der Waals surface area contributed by atoms with Gasteiger partial charge in [-0.05, 0) is 83.5 Å². The van der Waals surface area contributed by atoms with Crippen molar-refractivity contribution in [1.82, 2.24) is 0 Å². The molecule has 0 rings (SSSR count). The van der Waals surface area contributed by atoms with Crippen molar-refractivity contribution < 1.29 is 28.6 Å². The summed E-state index contributed by atoms with van der Waals surface area (Å²) in [6.45, 7) is 6.56. The first kappa shape index (κ1) is 60.4. The Kier molecular flexibility index (Phi) is 49.8. The van der Waals surface area contributed by atoms with Gasteiger partial charge >= 0.3 is 17.9 Å². The van der Waals surface area contributed by atoms with E-state index in [9.17, 15) is 14.4 Å². The van der Waals surface area contributed by atoms with Crippen LogP contribution in [0.25, 0.3) is 0 Å². The van der Waals surface area contributed by atoms with Crippen molar-refractivity contribution in [1.29, 1.82) is 0 Å². The first-order chi connectivity index (χ1) is 31.0. The van der Waals surface area contributed by atoms with Crippen LogP contribution in [0.3, 0.4) is 0 Å². The average Bonchev–Trinajstić information content (AvgIpc) is 3.28. The SMILES string of the molecule is CCCCCC/C=C\C/C=C\CCCCCCCCCC(=O)OC(COC(=O)CCCCCCCC)COC(=O)CCCCCCCCCCC/C=C\C/C=C\CCCCCCC. The Bertz CT molecular complexity index is 1110. The van der Waals surface area contributed by atoms with Crippen molar-refractivity contribution in [3.63, 3.8) is 0 Å². The molecular formula is C57H102O6. The van der Waals surface area contributed by atoms with Gasteiger partial charge in [0.25, 0.3) is 0 Å². The molecule has 366 valence electrons. The number of carbonyl (C=O) groups is 3. The van der Waals surface area contributed by atoms with Crippen LogP contribution < -0.4 is 0 Å². The number of allylic oxidation sites excluding steroid dienone is 8. The Morgan fingerprint density at radius 1 is 0.317 bits per heavy atom. The van der Waals surface area contributed by atoms with Gasteiger partial charge < -0.3 is 14.2 Å². The molecule has 0 saturated carbocycles. The van der Waals surface area contributed by atoms with E-state index in [0.717, 1.165) is 77.0 Å². The molecule has 0 spiro atoms. The summed E-state index contributed by atoms with van der Waals surface area (Å²) in [5.74, 6) is -0.891. The summed E-state index contributed by atoms with van der Waals surface area (Å²) in [5.41, 5.74) is 0. The van der Waals surface area contributed by atoms with Crippen LogP contribution in [0.4, 0.5) is 0 Å². The van der Waals surface area contributed by atoms with Gasteiger partial charge in [-0.25, -0.2) is 0 Å². The molecule has 6 nitrogen and oxygen atoms in total. The van der Waals surface area contributed by atoms with E-state index in [0.29, 0.717) is 19.3 Å². The van der Waals surface area contributed by atoms with Crippen molar-refractivity contribution >= 4 is 17.9 Å². The molecule has 0 aromatic rings. The molecule has 63 heavy (non-hydrogen) atoms. The molecule has 0 aliphatic rings. The number of carbonyl (C=O) groups excluding carboxylic acids is 3. The monoisotopic (exact) mass is 883 g/mol. The fourth-order valence-electron chi connectivity index (χ4n) is 7.68. The van der Waals surface area contributed by atoms with Crippen molar-refractivity contribution in [3.05, 3.63) is 48.6 Å². The van der Waals surface area contributed by atoms with Crippen molar-refractivity contribution in [2.45, 2.75) is 284 Å². The second kappa shape index (κ2) is 52.0. The minimum absolute atomic E-state index is 0.0770. The van der Waals surface area contributed by atoms with Gasteiger partial charge in [0.15, 0.2) is 6.10 Å². The molecule has 0 saturated heterocycles. The topological polar surface area (TPSA) is 78.9 Å². The Morgan fingerprint density at radius 3 is 0.889 bits per heavy atom. The van der Waals surface area contributed by atoms with Crippen LogP contribution in [0, 0.1) is 0 Å².